The summed E-state index contributed by atoms with van der Waals surface area (Å²) in [6.07, 6.45) is 0.209. The third kappa shape index (κ3) is 3.91. The first-order valence-electron chi connectivity index (χ1n) is 8.55. The van der Waals surface area contributed by atoms with Crippen molar-refractivity contribution in [1.29, 1.82) is 0 Å². The smallest absolute Gasteiger partial charge is 0.335 e. The molecule has 2 aromatic rings. The lowest BCUT2D eigenvalue weighted by molar-refractivity contribution is 0.0694. The summed E-state index contributed by atoms with van der Waals surface area (Å²) in [6, 6.07) is 6.69. The van der Waals surface area contributed by atoms with E-state index in [0.29, 0.717) is 24.3 Å². The van der Waals surface area contributed by atoms with Crippen LogP contribution in [-0.2, 0) is 11.2 Å². The molecule has 1 N–H and O–H groups in total. The van der Waals surface area contributed by atoms with Gasteiger partial charge in [-0.05, 0) is 24.3 Å². The Hall–Kier alpha value is -3.13. The normalized spacial score (nSPS) is 14.9. The number of halogens is 1. The molecule has 2 aromatic carbocycles. The van der Waals surface area contributed by atoms with Crippen LogP contribution in [0.5, 0.6) is 17.2 Å². The van der Waals surface area contributed by atoms with E-state index in [4.69, 9.17) is 14.2 Å². The van der Waals surface area contributed by atoms with Crippen molar-refractivity contribution in [2.24, 2.45) is 0 Å². The Morgan fingerprint density at radius 3 is 2.64 bits per heavy atom. The number of rotatable bonds is 6. The fourth-order valence-corrected chi connectivity index (χ4v) is 2.97. The molecule has 3 rings (SSSR count). The quantitative estimate of drug-likeness (QED) is 0.818. The Morgan fingerprint density at radius 2 is 2.04 bits per heavy atom. The Morgan fingerprint density at radius 1 is 1.29 bits per heavy atom. The number of carboxylic acids is 1. The number of fused-ring (bicyclic) bond motifs is 1. The second kappa shape index (κ2) is 7.85. The summed E-state index contributed by atoms with van der Waals surface area (Å²) in [6.45, 7) is 0.340. The molecule has 1 heterocycles. The SMILES string of the molecule is COCC1Cc2c(Oc3ccc(C(=O)N(C)C)c(F)c3)cc(C(=O)O)cc2O1. The zero-order chi connectivity index (χ0) is 20.4. The molecule has 7 nitrogen and oxygen atoms in total. The molecule has 0 saturated heterocycles. The number of hydrogen-bond donors (Lipinski definition) is 1. The Balaban J connectivity index is 1.93. The van der Waals surface area contributed by atoms with Crippen LogP contribution in [0.1, 0.15) is 26.3 Å². The van der Waals surface area contributed by atoms with E-state index in [-0.39, 0.29) is 28.7 Å². The number of benzene rings is 2. The molecule has 0 aliphatic carbocycles. The van der Waals surface area contributed by atoms with Crippen LogP contribution in [0.15, 0.2) is 30.3 Å². The summed E-state index contributed by atoms with van der Waals surface area (Å²) in [5, 5.41) is 9.33. The third-order valence-electron chi connectivity index (χ3n) is 4.30. The fourth-order valence-electron chi connectivity index (χ4n) is 2.97. The van der Waals surface area contributed by atoms with Crippen LogP contribution < -0.4 is 9.47 Å². The van der Waals surface area contributed by atoms with Crippen molar-refractivity contribution >= 4 is 11.9 Å². The fraction of sp³-hybridized carbons (Fsp3) is 0.300. The first-order chi connectivity index (χ1) is 13.3. The minimum absolute atomic E-state index is 0.00769. The molecule has 0 bridgehead atoms. The molecule has 8 heteroatoms. The number of carbonyl (C=O) groups is 2. The van der Waals surface area contributed by atoms with E-state index < -0.39 is 17.7 Å². The summed E-state index contributed by atoms with van der Waals surface area (Å²) in [5.41, 5.74) is 0.595. The van der Waals surface area contributed by atoms with Crippen LogP contribution in [0, 0.1) is 5.82 Å². The lowest BCUT2D eigenvalue weighted by atomic mass is 10.1. The maximum atomic E-state index is 14.3. The number of carbonyl (C=O) groups excluding carboxylic acids is 1. The highest BCUT2D eigenvalue weighted by Crippen LogP contribution is 2.39. The van der Waals surface area contributed by atoms with Gasteiger partial charge in [-0.15, -0.1) is 0 Å². The van der Waals surface area contributed by atoms with Crippen LogP contribution in [0.4, 0.5) is 4.39 Å². The van der Waals surface area contributed by atoms with Gasteiger partial charge in [-0.25, -0.2) is 9.18 Å². The van der Waals surface area contributed by atoms with Gasteiger partial charge in [0.1, 0.15) is 29.2 Å². The number of nitrogens with zero attached hydrogens (tertiary/aromatic N) is 1. The van der Waals surface area contributed by atoms with Gasteiger partial charge in [-0.2, -0.15) is 0 Å². The summed E-state index contributed by atoms with van der Waals surface area (Å²) in [4.78, 5) is 24.6. The average molecular weight is 389 g/mol. The van der Waals surface area contributed by atoms with E-state index in [1.54, 1.807) is 7.11 Å². The zero-order valence-corrected chi connectivity index (χ0v) is 15.7. The Kier molecular flexibility index (Phi) is 5.51. The predicted octanol–water partition coefficient (Wildman–Crippen LogP) is 2.97. The van der Waals surface area contributed by atoms with Gasteiger partial charge >= 0.3 is 5.97 Å². The Bertz CT molecular complexity index is 927. The van der Waals surface area contributed by atoms with Gasteiger partial charge in [0.05, 0.1) is 17.7 Å². The molecule has 28 heavy (non-hydrogen) atoms. The van der Waals surface area contributed by atoms with Crippen molar-refractivity contribution in [2.75, 3.05) is 27.8 Å². The topological polar surface area (TPSA) is 85.3 Å². The van der Waals surface area contributed by atoms with Crippen molar-refractivity contribution in [3.8, 4) is 17.2 Å². The van der Waals surface area contributed by atoms with E-state index in [9.17, 15) is 19.1 Å². The zero-order valence-electron chi connectivity index (χ0n) is 15.7. The second-order valence-corrected chi connectivity index (χ2v) is 6.60. The molecule has 0 saturated carbocycles. The molecule has 1 aliphatic heterocycles. The lowest BCUT2D eigenvalue weighted by Crippen LogP contribution is -2.22. The number of methoxy groups -OCH3 is 1. The number of hydrogen-bond acceptors (Lipinski definition) is 5. The summed E-state index contributed by atoms with van der Waals surface area (Å²) in [7, 11) is 4.61. The predicted molar refractivity (Wildman–Crippen MR) is 97.9 cm³/mol. The monoisotopic (exact) mass is 389 g/mol. The number of aromatic carboxylic acids is 1. The number of ether oxygens (including phenoxy) is 3. The molecule has 0 fully saturated rings. The first kappa shape index (κ1) is 19.6. The van der Waals surface area contributed by atoms with Crippen LogP contribution >= 0.6 is 0 Å². The van der Waals surface area contributed by atoms with Crippen molar-refractivity contribution in [1.82, 2.24) is 4.90 Å². The van der Waals surface area contributed by atoms with Gasteiger partial charge in [0, 0.05) is 39.3 Å². The van der Waals surface area contributed by atoms with Gasteiger partial charge in [-0.3, -0.25) is 4.79 Å². The molecule has 1 unspecified atom stereocenters. The maximum Gasteiger partial charge on any atom is 0.335 e. The van der Waals surface area contributed by atoms with E-state index >= 15 is 0 Å². The van der Waals surface area contributed by atoms with Crippen LogP contribution in [0.2, 0.25) is 0 Å². The van der Waals surface area contributed by atoms with Gasteiger partial charge in [-0.1, -0.05) is 0 Å². The Labute approximate surface area is 161 Å². The van der Waals surface area contributed by atoms with Gasteiger partial charge < -0.3 is 24.2 Å². The second-order valence-electron chi connectivity index (χ2n) is 6.60. The lowest BCUT2D eigenvalue weighted by Gasteiger charge is -2.13. The van der Waals surface area contributed by atoms with Gasteiger partial charge in [0.2, 0.25) is 0 Å². The average Bonchev–Trinajstić information content (AvgIpc) is 3.04. The van der Waals surface area contributed by atoms with E-state index in [2.05, 4.69) is 0 Å². The van der Waals surface area contributed by atoms with Crippen molar-refractivity contribution in [3.63, 3.8) is 0 Å². The number of carboxylic acid groups (broad SMARTS) is 1. The summed E-state index contributed by atoms with van der Waals surface area (Å²) in [5.74, 6) is -1.52. The molecule has 0 spiro atoms. The molecular weight excluding hydrogens is 369 g/mol. The van der Waals surface area contributed by atoms with Gasteiger partial charge in [0.25, 0.3) is 5.91 Å². The standard InChI is InChI=1S/C20H20FNO6/c1-22(2)19(23)14-5-4-12(9-16(14)21)27-17-6-11(20(24)25)7-18-15(17)8-13(28-18)10-26-3/h4-7,9,13H,8,10H2,1-3H3,(H,24,25). The van der Waals surface area contributed by atoms with Gasteiger partial charge in [0.15, 0.2) is 0 Å². The summed E-state index contributed by atoms with van der Waals surface area (Å²) < 4.78 is 30.9. The molecule has 1 aliphatic rings. The first-order valence-corrected chi connectivity index (χ1v) is 8.55. The highest BCUT2D eigenvalue weighted by Gasteiger charge is 2.28. The highest BCUT2D eigenvalue weighted by atomic mass is 19.1. The van der Waals surface area contributed by atoms with E-state index in [0.717, 1.165) is 6.07 Å². The number of amides is 1. The molecule has 0 radical (unpaired) electrons. The maximum absolute atomic E-state index is 14.3. The van der Waals surface area contributed by atoms with E-state index in [1.807, 2.05) is 0 Å². The van der Waals surface area contributed by atoms with Crippen molar-refractivity contribution in [3.05, 3.63) is 52.8 Å². The summed E-state index contributed by atoms with van der Waals surface area (Å²) >= 11 is 0. The molecule has 0 aromatic heterocycles. The van der Waals surface area contributed by atoms with Crippen molar-refractivity contribution in [2.45, 2.75) is 12.5 Å². The van der Waals surface area contributed by atoms with Crippen molar-refractivity contribution < 1.29 is 33.3 Å². The third-order valence-corrected chi connectivity index (χ3v) is 4.30. The molecule has 1 atom stereocenters. The minimum Gasteiger partial charge on any atom is -0.487 e. The van der Waals surface area contributed by atoms with E-state index in [1.165, 1.54) is 43.3 Å². The minimum atomic E-state index is -1.13. The highest BCUT2D eigenvalue weighted by molar-refractivity contribution is 5.94. The largest absolute Gasteiger partial charge is 0.487 e. The van der Waals surface area contributed by atoms with Crippen LogP contribution in [-0.4, -0.2) is 55.8 Å². The molecule has 148 valence electrons. The van der Waals surface area contributed by atoms with Crippen LogP contribution in [0.25, 0.3) is 0 Å². The molecule has 1 amide bonds. The van der Waals surface area contributed by atoms with Crippen LogP contribution in [0.3, 0.4) is 0 Å². The molecular formula is C20H20FNO6.